The molecule has 0 aromatic carbocycles. The van der Waals surface area contributed by atoms with E-state index < -0.39 is 0 Å². The van der Waals surface area contributed by atoms with Gasteiger partial charge in [-0.2, -0.15) is 11.8 Å². The summed E-state index contributed by atoms with van der Waals surface area (Å²) in [6.07, 6.45) is 1.32. The molecule has 0 fully saturated rings. The van der Waals surface area contributed by atoms with Gasteiger partial charge in [0.05, 0.1) is 0 Å². The van der Waals surface area contributed by atoms with Gasteiger partial charge in [-0.05, 0) is 25.1 Å². The largest absolute Gasteiger partial charge is 0.316 e. The molecule has 1 N–H and O–H groups in total. The van der Waals surface area contributed by atoms with Crippen LogP contribution in [0.3, 0.4) is 0 Å². The molecule has 0 aromatic rings. The van der Waals surface area contributed by atoms with Crippen LogP contribution in [-0.4, -0.2) is 25.1 Å². The van der Waals surface area contributed by atoms with E-state index in [4.69, 9.17) is 0 Å². The zero-order valence-electron chi connectivity index (χ0n) is 8.52. The van der Waals surface area contributed by atoms with E-state index in [1.165, 1.54) is 17.7 Å². The van der Waals surface area contributed by atoms with Gasteiger partial charge in [0.2, 0.25) is 0 Å². The van der Waals surface area contributed by atoms with Gasteiger partial charge in [0.15, 0.2) is 0 Å². The molecular weight excluding hydrogens is 166 g/mol. The minimum absolute atomic E-state index is 0.829. The fourth-order valence-electron chi connectivity index (χ4n) is 0.837. The van der Waals surface area contributed by atoms with Gasteiger partial charge in [-0.1, -0.05) is 26.0 Å². The van der Waals surface area contributed by atoms with Gasteiger partial charge in [-0.3, -0.25) is 0 Å². The molecule has 12 heavy (non-hydrogen) atoms. The molecule has 2 heteroatoms. The van der Waals surface area contributed by atoms with Gasteiger partial charge in [-0.15, -0.1) is 0 Å². The van der Waals surface area contributed by atoms with Crippen LogP contribution in [0.2, 0.25) is 0 Å². The van der Waals surface area contributed by atoms with Crippen LogP contribution in [0.5, 0.6) is 0 Å². The first kappa shape index (κ1) is 12.0. The summed E-state index contributed by atoms with van der Waals surface area (Å²) in [7, 11) is 1.96. The lowest BCUT2D eigenvalue weighted by Gasteiger charge is -2.06. The van der Waals surface area contributed by atoms with Crippen molar-refractivity contribution in [2.45, 2.75) is 20.3 Å². The smallest absolute Gasteiger partial charge is 0.0167 e. The van der Waals surface area contributed by atoms with Crippen molar-refractivity contribution in [2.75, 3.05) is 25.1 Å². The average Bonchev–Trinajstić information content (AvgIpc) is 1.98. The summed E-state index contributed by atoms with van der Waals surface area (Å²) >= 11 is 1.99. The molecule has 0 unspecified atom stereocenters. The van der Waals surface area contributed by atoms with Crippen LogP contribution in [-0.2, 0) is 0 Å². The Kier molecular flexibility index (Phi) is 7.72. The van der Waals surface area contributed by atoms with E-state index in [-0.39, 0.29) is 0 Å². The van der Waals surface area contributed by atoms with Crippen molar-refractivity contribution in [3.05, 3.63) is 12.2 Å². The molecule has 0 radical (unpaired) electrons. The molecule has 0 saturated heterocycles. The van der Waals surface area contributed by atoms with Crippen molar-refractivity contribution in [1.29, 1.82) is 0 Å². The predicted octanol–water partition coefficient (Wildman–Crippen LogP) is 2.54. The second kappa shape index (κ2) is 7.69. The fraction of sp³-hybridized carbons (Fsp3) is 0.800. The fourth-order valence-corrected chi connectivity index (χ4v) is 2.01. The Morgan fingerprint density at radius 2 is 2.17 bits per heavy atom. The zero-order chi connectivity index (χ0) is 9.40. The maximum Gasteiger partial charge on any atom is 0.0167 e. The summed E-state index contributed by atoms with van der Waals surface area (Å²) in [5, 5.41) is 3.10. The van der Waals surface area contributed by atoms with E-state index in [9.17, 15) is 0 Å². The minimum Gasteiger partial charge on any atom is -0.316 e. The number of likely N-dealkylation sites (N-methyl/N-ethyl adjacent to an activating group) is 1. The lowest BCUT2D eigenvalue weighted by molar-refractivity contribution is 0.632. The average molecular weight is 187 g/mol. The Morgan fingerprint density at radius 3 is 2.67 bits per heavy atom. The van der Waals surface area contributed by atoms with E-state index >= 15 is 0 Å². The first-order chi connectivity index (χ1) is 5.66. The van der Waals surface area contributed by atoms with E-state index in [0.29, 0.717) is 0 Å². The summed E-state index contributed by atoms with van der Waals surface area (Å²) in [6.45, 7) is 9.46. The number of hydrogen-bond acceptors (Lipinski definition) is 2. The first-order valence-electron chi connectivity index (χ1n) is 4.55. The quantitative estimate of drug-likeness (QED) is 0.485. The highest BCUT2D eigenvalue weighted by atomic mass is 32.2. The highest BCUT2D eigenvalue weighted by Gasteiger charge is 1.96. The molecule has 0 heterocycles. The monoisotopic (exact) mass is 187 g/mol. The summed E-state index contributed by atoms with van der Waals surface area (Å²) < 4.78 is 0. The van der Waals surface area contributed by atoms with E-state index in [1.54, 1.807) is 0 Å². The predicted molar refractivity (Wildman–Crippen MR) is 59.8 cm³/mol. The second-order valence-corrected chi connectivity index (χ2v) is 4.62. The van der Waals surface area contributed by atoms with Crippen LogP contribution in [0.25, 0.3) is 0 Å². The first-order valence-corrected chi connectivity index (χ1v) is 5.71. The topological polar surface area (TPSA) is 12.0 Å². The third-order valence-corrected chi connectivity index (χ3v) is 2.71. The van der Waals surface area contributed by atoms with Gasteiger partial charge < -0.3 is 5.32 Å². The summed E-state index contributed by atoms with van der Waals surface area (Å²) in [4.78, 5) is 0. The summed E-state index contributed by atoms with van der Waals surface area (Å²) in [5.41, 5.74) is 1.30. The Balaban J connectivity index is 3.14. The van der Waals surface area contributed by atoms with E-state index in [2.05, 4.69) is 25.7 Å². The van der Waals surface area contributed by atoms with Crippen molar-refractivity contribution < 1.29 is 0 Å². The van der Waals surface area contributed by atoms with Gasteiger partial charge in [0.1, 0.15) is 0 Å². The highest BCUT2D eigenvalue weighted by Crippen LogP contribution is 2.10. The molecule has 0 aliphatic carbocycles. The maximum atomic E-state index is 3.98. The van der Waals surface area contributed by atoms with Crippen molar-refractivity contribution >= 4 is 11.8 Å². The number of hydrogen-bond donors (Lipinski definition) is 1. The molecule has 0 rings (SSSR count). The SMILES string of the molecule is C=C(CNC)CSCCC(C)C. The lowest BCUT2D eigenvalue weighted by atomic mass is 10.2. The Hall–Kier alpha value is 0.0500. The van der Waals surface area contributed by atoms with Crippen LogP contribution in [0.1, 0.15) is 20.3 Å². The van der Waals surface area contributed by atoms with Crippen LogP contribution in [0.4, 0.5) is 0 Å². The molecule has 1 nitrogen and oxygen atoms in total. The zero-order valence-corrected chi connectivity index (χ0v) is 9.34. The third-order valence-electron chi connectivity index (χ3n) is 1.57. The van der Waals surface area contributed by atoms with Crippen LogP contribution in [0.15, 0.2) is 12.2 Å². The van der Waals surface area contributed by atoms with E-state index in [1.807, 2.05) is 18.8 Å². The molecule has 0 bridgehead atoms. The Morgan fingerprint density at radius 1 is 1.50 bits per heavy atom. The van der Waals surface area contributed by atoms with Crippen LogP contribution < -0.4 is 5.32 Å². The molecule has 0 atom stereocenters. The summed E-state index contributed by atoms with van der Waals surface area (Å²) in [5.74, 6) is 3.20. The molecule has 0 aliphatic heterocycles. The van der Waals surface area contributed by atoms with Crippen molar-refractivity contribution in [3.63, 3.8) is 0 Å². The Labute approximate surface area is 81.0 Å². The molecule has 0 amide bonds. The molecule has 0 aliphatic rings. The Bertz CT molecular complexity index is 121. The lowest BCUT2D eigenvalue weighted by Crippen LogP contribution is -2.11. The third kappa shape index (κ3) is 8.15. The second-order valence-electron chi connectivity index (χ2n) is 3.52. The molecule has 0 aromatic heterocycles. The van der Waals surface area contributed by atoms with E-state index in [0.717, 1.165) is 18.2 Å². The van der Waals surface area contributed by atoms with Gasteiger partial charge in [0.25, 0.3) is 0 Å². The number of thioether (sulfide) groups is 1. The number of nitrogens with one attached hydrogen (secondary N) is 1. The van der Waals surface area contributed by atoms with Gasteiger partial charge >= 0.3 is 0 Å². The van der Waals surface area contributed by atoms with Gasteiger partial charge in [0, 0.05) is 12.3 Å². The summed E-state index contributed by atoms with van der Waals surface area (Å²) in [6, 6.07) is 0. The molecule has 72 valence electrons. The van der Waals surface area contributed by atoms with Crippen LogP contribution in [0, 0.1) is 5.92 Å². The normalized spacial score (nSPS) is 10.7. The van der Waals surface area contributed by atoms with Crippen molar-refractivity contribution in [3.8, 4) is 0 Å². The van der Waals surface area contributed by atoms with Crippen molar-refractivity contribution in [2.24, 2.45) is 5.92 Å². The standard InChI is InChI=1S/C10H21NS/c1-9(2)5-6-12-8-10(3)7-11-4/h9,11H,3,5-8H2,1-2,4H3. The van der Waals surface area contributed by atoms with Crippen LogP contribution >= 0.6 is 11.8 Å². The van der Waals surface area contributed by atoms with Gasteiger partial charge in [-0.25, -0.2) is 0 Å². The minimum atomic E-state index is 0.829. The van der Waals surface area contributed by atoms with Crippen molar-refractivity contribution in [1.82, 2.24) is 5.32 Å². The highest BCUT2D eigenvalue weighted by molar-refractivity contribution is 7.99. The molecule has 0 spiro atoms. The molecule has 0 saturated carbocycles. The molecular formula is C10H21NS. The number of rotatable bonds is 7. The maximum absolute atomic E-state index is 3.98.